The number of para-hydroxylation sites is 1. The molecule has 2 heterocycles. The number of primary amides is 1. The molecule has 182 valence electrons. The molecule has 35 heavy (non-hydrogen) atoms. The number of carbonyl (C=O) groups excluding carboxylic acids is 4. The maximum absolute atomic E-state index is 14.1. The number of fused-ring (bicyclic) bond motifs is 2. The predicted octanol–water partition coefficient (Wildman–Crippen LogP) is 2.92. The molecular formula is C22H15F4N3O5S. The van der Waals surface area contributed by atoms with E-state index in [0.29, 0.717) is 4.90 Å². The fourth-order valence-electron chi connectivity index (χ4n) is 4.08. The Labute approximate surface area is 198 Å². The van der Waals surface area contributed by atoms with Gasteiger partial charge in [-0.3, -0.25) is 24.1 Å². The number of esters is 1. The number of ether oxygens (including phenoxy) is 1. The largest absolute Gasteiger partial charge is 0.468 e. The van der Waals surface area contributed by atoms with E-state index in [2.05, 4.69) is 4.98 Å². The lowest BCUT2D eigenvalue weighted by atomic mass is 9.71. The van der Waals surface area contributed by atoms with Gasteiger partial charge in [-0.15, -0.1) is 11.3 Å². The quantitative estimate of drug-likeness (QED) is 0.245. The highest BCUT2D eigenvalue weighted by atomic mass is 32.1. The van der Waals surface area contributed by atoms with E-state index in [0.717, 1.165) is 42.7 Å². The Bertz CT molecular complexity index is 1400. The first kappa shape index (κ1) is 24.3. The molecule has 1 aliphatic rings. The van der Waals surface area contributed by atoms with E-state index in [4.69, 9.17) is 10.5 Å². The molecule has 4 rings (SSSR count). The summed E-state index contributed by atoms with van der Waals surface area (Å²) >= 11 is 0.812. The molecule has 2 N–H and O–H groups in total. The Hall–Kier alpha value is -3.87. The van der Waals surface area contributed by atoms with Gasteiger partial charge in [0.15, 0.2) is 5.41 Å². The van der Waals surface area contributed by atoms with Crippen LogP contribution in [0.2, 0.25) is 0 Å². The van der Waals surface area contributed by atoms with Gasteiger partial charge >= 0.3 is 12.1 Å². The first-order chi connectivity index (χ1) is 16.4. The van der Waals surface area contributed by atoms with Crippen molar-refractivity contribution in [2.45, 2.75) is 24.6 Å². The van der Waals surface area contributed by atoms with E-state index in [1.165, 1.54) is 12.1 Å². The summed E-state index contributed by atoms with van der Waals surface area (Å²) in [5, 5.41) is -0.0400. The van der Waals surface area contributed by atoms with Crippen LogP contribution in [-0.4, -0.2) is 40.7 Å². The zero-order chi connectivity index (χ0) is 25.7. The lowest BCUT2D eigenvalue weighted by molar-refractivity contribution is -0.158. The third-order valence-electron chi connectivity index (χ3n) is 5.56. The predicted molar refractivity (Wildman–Crippen MR) is 113 cm³/mol. The van der Waals surface area contributed by atoms with Crippen molar-refractivity contribution in [1.82, 2.24) is 9.88 Å². The van der Waals surface area contributed by atoms with Crippen molar-refractivity contribution in [3.05, 3.63) is 63.9 Å². The highest BCUT2D eigenvalue weighted by Crippen LogP contribution is 2.41. The lowest BCUT2D eigenvalue weighted by Crippen LogP contribution is -2.59. The molecule has 2 aromatic carbocycles. The Balaban J connectivity index is 1.87. The number of benzene rings is 2. The van der Waals surface area contributed by atoms with Crippen LogP contribution in [-0.2, 0) is 37.3 Å². The number of methoxy groups -OCH3 is 1. The summed E-state index contributed by atoms with van der Waals surface area (Å²) in [6.07, 6.45) is -5.62. The van der Waals surface area contributed by atoms with Crippen LogP contribution in [0.4, 0.5) is 17.6 Å². The standard InChI is InChI=1S/C22H15F4N3O5S/c1-34-20(33)21(8-15(27)30)13-7-10(23)5-6-11(13)18(31)29(19(21)32)9-16-28-17-12(22(24,25)26)3-2-4-14(17)35-16/h2-7H,8-9H2,1H3,(H2,27,30). The number of nitrogens with two attached hydrogens (primary N) is 1. The number of thiazole rings is 1. The SMILES string of the molecule is COC(=O)C1(CC(N)=O)C(=O)N(Cc2nc3c(C(F)(F)F)cccc3s2)C(=O)c2ccc(F)cc21. The first-order valence-corrected chi connectivity index (χ1v) is 10.7. The number of carbonyl (C=O) groups is 4. The minimum atomic E-state index is -4.69. The van der Waals surface area contributed by atoms with E-state index in [9.17, 15) is 36.7 Å². The van der Waals surface area contributed by atoms with Gasteiger partial charge in [0, 0.05) is 5.56 Å². The molecule has 1 aliphatic heterocycles. The van der Waals surface area contributed by atoms with Gasteiger partial charge < -0.3 is 10.5 Å². The molecule has 0 saturated carbocycles. The van der Waals surface area contributed by atoms with Crippen LogP contribution < -0.4 is 5.73 Å². The molecule has 0 radical (unpaired) electrons. The Kier molecular flexibility index (Phi) is 5.83. The fourth-order valence-corrected chi connectivity index (χ4v) is 5.07. The van der Waals surface area contributed by atoms with Gasteiger partial charge in [0.1, 0.15) is 10.8 Å². The molecule has 13 heteroatoms. The summed E-state index contributed by atoms with van der Waals surface area (Å²) in [5.74, 6) is -5.44. The molecule has 0 saturated heterocycles. The number of amides is 3. The van der Waals surface area contributed by atoms with Crippen LogP contribution in [0.3, 0.4) is 0 Å². The first-order valence-electron chi connectivity index (χ1n) is 9.89. The normalized spacial score (nSPS) is 18.0. The highest BCUT2D eigenvalue weighted by molar-refractivity contribution is 7.18. The molecular weight excluding hydrogens is 494 g/mol. The average molecular weight is 509 g/mol. The second kappa shape index (κ2) is 8.41. The molecule has 0 aliphatic carbocycles. The van der Waals surface area contributed by atoms with Gasteiger partial charge in [-0.1, -0.05) is 6.07 Å². The number of rotatable bonds is 5. The summed E-state index contributed by atoms with van der Waals surface area (Å²) in [6.45, 7) is -0.608. The van der Waals surface area contributed by atoms with Crippen molar-refractivity contribution >= 4 is 45.2 Å². The Morgan fingerprint density at radius 1 is 1.20 bits per heavy atom. The second-order valence-corrected chi connectivity index (χ2v) is 8.80. The van der Waals surface area contributed by atoms with Crippen molar-refractivity contribution in [2.24, 2.45) is 5.73 Å². The third kappa shape index (κ3) is 3.91. The Morgan fingerprint density at radius 3 is 2.54 bits per heavy atom. The minimum Gasteiger partial charge on any atom is -0.468 e. The summed E-state index contributed by atoms with van der Waals surface area (Å²) in [4.78, 5) is 56.0. The van der Waals surface area contributed by atoms with Gasteiger partial charge in [-0.2, -0.15) is 13.2 Å². The summed E-state index contributed by atoms with van der Waals surface area (Å²) in [7, 11) is 0.935. The van der Waals surface area contributed by atoms with Gasteiger partial charge in [-0.05, 0) is 35.9 Å². The maximum Gasteiger partial charge on any atom is 0.418 e. The number of halogens is 4. The summed E-state index contributed by atoms with van der Waals surface area (Å²) < 4.78 is 59.1. The lowest BCUT2D eigenvalue weighted by Gasteiger charge is -2.39. The maximum atomic E-state index is 14.1. The minimum absolute atomic E-state index is 0.0400. The van der Waals surface area contributed by atoms with Crippen LogP contribution in [0.15, 0.2) is 36.4 Å². The van der Waals surface area contributed by atoms with Crippen LogP contribution in [0.25, 0.3) is 10.2 Å². The number of nitrogens with zero attached hydrogens (tertiary/aromatic N) is 2. The van der Waals surface area contributed by atoms with Gasteiger partial charge in [0.05, 0.1) is 35.9 Å². The van der Waals surface area contributed by atoms with E-state index >= 15 is 0 Å². The summed E-state index contributed by atoms with van der Waals surface area (Å²) in [6, 6.07) is 6.17. The number of hydrogen-bond acceptors (Lipinski definition) is 7. The fraction of sp³-hybridized carbons (Fsp3) is 0.227. The molecule has 0 spiro atoms. The smallest absolute Gasteiger partial charge is 0.418 e. The molecule has 3 aromatic rings. The number of imide groups is 1. The average Bonchev–Trinajstić information content (AvgIpc) is 3.20. The van der Waals surface area contributed by atoms with Gasteiger partial charge in [0.25, 0.3) is 11.8 Å². The number of hydrogen-bond donors (Lipinski definition) is 1. The van der Waals surface area contributed by atoms with Gasteiger partial charge in [0.2, 0.25) is 5.91 Å². The van der Waals surface area contributed by atoms with E-state index in [1.807, 2.05) is 0 Å². The zero-order valence-electron chi connectivity index (χ0n) is 17.8. The van der Waals surface area contributed by atoms with Crippen molar-refractivity contribution in [1.29, 1.82) is 0 Å². The molecule has 8 nitrogen and oxygen atoms in total. The topological polar surface area (TPSA) is 120 Å². The van der Waals surface area contributed by atoms with Crippen molar-refractivity contribution in [2.75, 3.05) is 7.11 Å². The van der Waals surface area contributed by atoms with E-state index in [1.54, 1.807) is 0 Å². The van der Waals surface area contributed by atoms with E-state index < -0.39 is 65.2 Å². The van der Waals surface area contributed by atoms with Gasteiger partial charge in [-0.25, -0.2) is 9.37 Å². The number of alkyl halides is 3. The molecule has 1 unspecified atom stereocenters. The van der Waals surface area contributed by atoms with Crippen molar-refractivity contribution in [3.8, 4) is 0 Å². The van der Waals surface area contributed by atoms with Crippen molar-refractivity contribution in [3.63, 3.8) is 0 Å². The number of aromatic nitrogens is 1. The third-order valence-corrected chi connectivity index (χ3v) is 6.57. The molecule has 1 atom stereocenters. The molecule has 0 bridgehead atoms. The summed E-state index contributed by atoms with van der Waals surface area (Å²) in [5.41, 5.74) is 0.796. The molecule has 0 fully saturated rings. The van der Waals surface area contributed by atoms with Crippen molar-refractivity contribution < 1.29 is 41.5 Å². The Morgan fingerprint density at radius 2 is 1.91 bits per heavy atom. The van der Waals surface area contributed by atoms with Crippen LogP contribution in [0.5, 0.6) is 0 Å². The monoisotopic (exact) mass is 509 g/mol. The zero-order valence-corrected chi connectivity index (χ0v) is 18.6. The molecule has 3 amide bonds. The highest BCUT2D eigenvalue weighted by Gasteiger charge is 2.58. The van der Waals surface area contributed by atoms with Crippen LogP contribution in [0.1, 0.15) is 32.9 Å². The van der Waals surface area contributed by atoms with Crippen LogP contribution in [0, 0.1) is 5.82 Å². The van der Waals surface area contributed by atoms with E-state index in [-0.39, 0.29) is 20.8 Å². The molecule has 1 aromatic heterocycles. The van der Waals surface area contributed by atoms with Crippen LogP contribution >= 0.6 is 11.3 Å². The second-order valence-electron chi connectivity index (χ2n) is 7.68.